The summed E-state index contributed by atoms with van der Waals surface area (Å²) in [5.41, 5.74) is 5.80. The molecular formula is C15H26N2O. The zero-order valence-electron chi connectivity index (χ0n) is 11.6. The van der Waals surface area contributed by atoms with Gasteiger partial charge in [-0.05, 0) is 31.1 Å². The van der Waals surface area contributed by atoms with Gasteiger partial charge in [0.1, 0.15) is 0 Å². The minimum atomic E-state index is -0.00487. The molecule has 1 amide bonds. The van der Waals surface area contributed by atoms with E-state index in [-0.39, 0.29) is 17.9 Å². The number of amides is 1. The van der Waals surface area contributed by atoms with Crippen LogP contribution in [-0.4, -0.2) is 18.0 Å². The molecule has 1 fully saturated rings. The Morgan fingerprint density at radius 3 is 2.61 bits per heavy atom. The van der Waals surface area contributed by atoms with Crippen LogP contribution in [0.5, 0.6) is 0 Å². The number of carbonyl (C=O) groups is 1. The van der Waals surface area contributed by atoms with Crippen molar-refractivity contribution in [3.8, 4) is 0 Å². The average Bonchev–Trinajstić information content (AvgIpc) is 2.76. The first kappa shape index (κ1) is 13.6. The summed E-state index contributed by atoms with van der Waals surface area (Å²) >= 11 is 0. The second-order valence-electron chi connectivity index (χ2n) is 6.20. The highest BCUT2D eigenvalue weighted by Crippen LogP contribution is 2.30. The molecule has 4 atom stereocenters. The lowest BCUT2D eigenvalue weighted by atomic mass is 9.77. The van der Waals surface area contributed by atoms with Crippen molar-refractivity contribution in [2.24, 2.45) is 23.5 Å². The maximum atomic E-state index is 12.2. The fourth-order valence-corrected chi connectivity index (χ4v) is 3.35. The predicted molar refractivity (Wildman–Crippen MR) is 73.9 cm³/mol. The van der Waals surface area contributed by atoms with Crippen LogP contribution in [0.4, 0.5) is 0 Å². The van der Waals surface area contributed by atoms with Crippen molar-refractivity contribution in [3.63, 3.8) is 0 Å². The van der Waals surface area contributed by atoms with E-state index in [4.69, 9.17) is 5.73 Å². The van der Waals surface area contributed by atoms with Crippen LogP contribution in [0, 0.1) is 17.8 Å². The first-order valence-electron chi connectivity index (χ1n) is 7.32. The number of nitrogens with one attached hydrogen (secondary N) is 1. The van der Waals surface area contributed by atoms with Crippen LogP contribution >= 0.6 is 0 Å². The molecule has 0 aromatic carbocycles. The Balaban J connectivity index is 1.91. The highest BCUT2D eigenvalue weighted by atomic mass is 16.1. The third-order valence-electron chi connectivity index (χ3n) is 4.46. The smallest absolute Gasteiger partial charge is 0.227 e. The lowest BCUT2D eigenvalue weighted by molar-refractivity contribution is -0.125. The zero-order valence-corrected chi connectivity index (χ0v) is 11.6. The van der Waals surface area contributed by atoms with Crippen molar-refractivity contribution in [2.45, 2.75) is 58.0 Å². The van der Waals surface area contributed by atoms with Crippen LogP contribution in [0.2, 0.25) is 0 Å². The van der Waals surface area contributed by atoms with E-state index in [0.717, 1.165) is 12.8 Å². The topological polar surface area (TPSA) is 55.1 Å². The van der Waals surface area contributed by atoms with E-state index in [0.29, 0.717) is 17.9 Å². The molecule has 4 unspecified atom stereocenters. The second-order valence-corrected chi connectivity index (χ2v) is 6.20. The molecule has 2 rings (SSSR count). The van der Waals surface area contributed by atoms with Crippen LogP contribution in [0.1, 0.15) is 46.0 Å². The summed E-state index contributed by atoms with van der Waals surface area (Å²) in [7, 11) is 0. The van der Waals surface area contributed by atoms with Crippen molar-refractivity contribution in [1.29, 1.82) is 0 Å². The van der Waals surface area contributed by atoms with Gasteiger partial charge in [-0.15, -0.1) is 0 Å². The van der Waals surface area contributed by atoms with E-state index in [2.05, 4.69) is 19.2 Å². The van der Waals surface area contributed by atoms with E-state index in [1.165, 1.54) is 19.3 Å². The Morgan fingerprint density at radius 1 is 1.28 bits per heavy atom. The van der Waals surface area contributed by atoms with Gasteiger partial charge in [-0.2, -0.15) is 0 Å². The van der Waals surface area contributed by atoms with Crippen molar-refractivity contribution < 1.29 is 4.79 Å². The van der Waals surface area contributed by atoms with Gasteiger partial charge in [0.25, 0.3) is 0 Å². The summed E-state index contributed by atoms with van der Waals surface area (Å²) in [6, 6.07) is 0.435. The minimum absolute atomic E-state index is 0.00487. The molecule has 0 spiro atoms. The van der Waals surface area contributed by atoms with Crippen LogP contribution in [0.25, 0.3) is 0 Å². The van der Waals surface area contributed by atoms with Gasteiger partial charge in [0.2, 0.25) is 5.91 Å². The summed E-state index contributed by atoms with van der Waals surface area (Å²) in [5.74, 6) is 1.46. The lowest BCUT2D eigenvalue weighted by Gasteiger charge is -2.35. The van der Waals surface area contributed by atoms with Crippen molar-refractivity contribution in [2.75, 3.05) is 0 Å². The summed E-state index contributed by atoms with van der Waals surface area (Å²) < 4.78 is 0. The van der Waals surface area contributed by atoms with Gasteiger partial charge in [-0.3, -0.25) is 4.79 Å². The van der Waals surface area contributed by atoms with E-state index < -0.39 is 0 Å². The minimum Gasteiger partial charge on any atom is -0.353 e. The Bertz CT molecular complexity index is 324. The average molecular weight is 250 g/mol. The highest BCUT2D eigenvalue weighted by Gasteiger charge is 2.31. The third-order valence-corrected chi connectivity index (χ3v) is 4.46. The molecule has 3 nitrogen and oxygen atoms in total. The number of rotatable bonds is 3. The molecule has 102 valence electrons. The summed E-state index contributed by atoms with van der Waals surface area (Å²) in [5, 5.41) is 3.27. The molecule has 0 aromatic heterocycles. The Labute approximate surface area is 110 Å². The Morgan fingerprint density at radius 2 is 2.00 bits per heavy atom. The number of hydrogen-bond donors (Lipinski definition) is 2. The van der Waals surface area contributed by atoms with Crippen LogP contribution in [0.15, 0.2) is 12.2 Å². The largest absolute Gasteiger partial charge is 0.353 e. The number of hydrogen-bond acceptors (Lipinski definition) is 2. The fourth-order valence-electron chi connectivity index (χ4n) is 3.35. The highest BCUT2D eigenvalue weighted by molar-refractivity contribution is 5.81. The van der Waals surface area contributed by atoms with Gasteiger partial charge in [0.05, 0.1) is 5.92 Å². The SMILES string of the molecule is CC(C)C1CCCCC1NC(=O)C1C=CC(N)C1. The molecule has 0 heterocycles. The molecule has 0 radical (unpaired) electrons. The number of carbonyl (C=O) groups excluding carboxylic acids is 1. The van der Waals surface area contributed by atoms with E-state index in [1.807, 2.05) is 12.2 Å². The third kappa shape index (κ3) is 3.14. The molecule has 0 bridgehead atoms. The molecule has 18 heavy (non-hydrogen) atoms. The van der Waals surface area contributed by atoms with Gasteiger partial charge in [-0.25, -0.2) is 0 Å². The molecule has 3 heteroatoms. The van der Waals surface area contributed by atoms with Gasteiger partial charge < -0.3 is 11.1 Å². The van der Waals surface area contributed by atoms with E-state index in [9.17, 15) is 4.79 Å². The number of nitrogens with two attached hydrogens (primary N) is 1. The van der Waals surface area contributed by atoms with Gasteiger partial charge in [-0.1, -0.05) is 38.8 Å². The van der Waals surface area contributed by atoms with E-state index >= 15 is 0 Å². The van der Waals surface area contributed by atoms with E-state index in [1.54, 1.807) is 0 Å². The fraction of sp³-hybridized carbons (Fsp3) is 0.800. The second kappa shape index (κ2) is 5.87. The molecule has 0 aliphatic heterocycles. The lowest BCUT2D eigenvalue weighted by Crippen LogP contribution is -2.46. The standard InChI is InChI=1S/C15H26N2O/c1-10(2)13-5-3-4-6-14(13)17-15(18)11-7-8-12(16)9-11/h7-8,10-14H,3-6,9,16H2,1-2H3,(H,17,18). The molecule has 2 aliphatic rings. The first-order chi connectivity index (χ1) is 8.58. The monoisotopic (exact) mass is 250 g/mol. The zero-order chi connectivity index (χ0) is 13.1. The normalized spacial score (nSPS) is 36.0. The molecule has 2 aliphatic carbocycles. The van der Waals surface area contributed by atoms with Crippen molar-refractivity contribution >= 4 is 5.91 Å². The van der Waals surface area contributed by atoms with Crippen LogP contribution in [0.3, 0.4) is 0 Å². The van der Waals surface area contributed by atoms with Gasteiger partial charge in [0.15, 0.2) is 0 Å². The molecule has 0 aromatic rings. The predicted octanol–water partition coefficient (Wildman–Crippen LogP) is 2.22. The maximum absolute atomic E-state index is 12.2. The quantitative estimate of drug-likeness (QED) is 0.755. The van der Waals surface area contributed by atoms with Crippen molar-refractivity contribution in [3.05, 3.63) is 12.2 Å². The Kier molecular flexibility index (Phi) is 4.44. The summed E-state index contributed by atoms with van der Waals surface area (Å²) in [4.78, 5) is 12.2. The van der Waals surface area contributed by atoms with Crippen molar-refractivity contribution in [1.82, 2.24) is 5.32 Å². The van der Waals surface area contributed by atoms with Crippen LogP contribution in [-0.2, 0) is 4.79 Å². The van der Waals surface area contributed by atoms with Gasteiger partial charge >= 0.3 is 0 Å². The summed E-state index contributed by atoms with van der Waals surface area (Å²) in [6.45, 7) is 4.53. The van der Waals surface area contributed by atoms with Gasteiger partial charge in [0, 0.05) is 12.1 Å². The molecule has 0 saturated heterocycles. The Hall–Kier alpha value is -0.830. The maximum Gasteiger partial charge on any atom is 0.227 e. The first-order valence-corrected chi connectivity index (χ1v) is 7.32. The molecule has 1 saturated carbocycles. The molecule has 3 N–H and O–H groups in total. The summed E-state index contributed by atoms with van der Waals surface area (Å²) in [6.07, 6.45) is 9.63. The molecular weight excluding hydrogens is 224 g/mol. The van der Waals surface area contributed by atoms with Crippen LogP contribution < -0.4 is 11.1 Å².